The molecule has 0 saturated carbocycles. The number of ether oxygens (including phenoxy) is 1. The summed E-state index contributed by atoms with van der Waals surface area (Å²) in [5, 5.41) is 0. The van der Waals surface area contributed by atoms with E-state index in [0.29, 0.717) is 12.4 Å². The van der Waals surface area contributed by atoms with E-state index in [0.717, 1.165) is 23.0 Å². The van der Waals surface area contributed by atoms with Gasteiger partial charge in [0, 0.05) is 35.8 Å². The van der Waals surface area contributed by atoms with E-state index in [1.54, 1.807) is 12.3 Å². The molecule has 0 N–H and O–H groups in total. The van der Waals surface area contributed by atoms with Gasteiger partial charge in [-0.1, -0.05) is 5.57 Å². The Balaban J connectivity index is 1.90. The molecule has 5 heteroatoms. The Kier molecular flexibility index (Phi) is 4.58. The first-order chi connectivity index (χ1) is 9.04. The lowest BCUT2D eigenvalue weighted by molar-refractivity contribution is -0.125. The standard InChI is InChI=1S/C14H17BrN2O2/c1-10(2)7-14(18)17-6-5-12(9-17)19-13-4-3-11(15)8-16-13/h3-4,7-8,12H,5-6,9H2,1-2H3. The summed E-state index contributed by atoms with van der Waals surface area (Å²) < 4.78 is 6.69. The Morgan fingerprint density at radius 3 is 2.95 bits per heavy atom. The van der Waals surface area contributed by atoms with Crippen LogP contribution in [0.15, 0.2) is 34.5 Å². The number of halogens is 1. The molecule has 2 heterocycles. The third kappa shape index (κ3) is 4.06. The Bertz CT molecular complexity index is 481. The number of carbonyl (C=O) groups excluding carboxylic acids is 1. The van der Waals surface area contributed by atoms with Crippen LogP contribution in [0.5, 0.6) is 5.88 Å². The maximum absolute atomic E-state index is 11.9. The molecule has 19 heavy (non-hydrogen) atoms. The van der Waals surface area contributed by atoms with Crippen molar-refractivity contribution in [1.29, 1.82) is 0 Å². The molecule has 1 aliphatic rings. The fraction of sp³-hybridized carbons (Fsp3) is 0.429. The van der Waals surface area contributed by atoms with E-state index < -0.39 is 0 Å². The summed E-state index contributed by atoms with van der Waals surface area (Å²) in [6, 6.07) is 3.72. The fourth-order valence-electron chi connectivity index (χ4n) is 1.97. The normalized spacial score (nSPS) is 18.3. The second kappa shape index (κ2) is 6.19. The predicted octanol–water partition coefficient (Wildman–Crippen LogP) is 2.79. The summed E-state index contributed by atoms with van der Waals surface area (Å²) in [6.07, 6.45) is 4.25. The van der Waals surface area contributed by atoms with Crippen LogP contribution in [0.2, 0.25) is 0 Å². The molecule has 1 atom stereocenters. The monoisotopic (exact) mass is 324 g/mol. The van der Waals surface area contributed by atoms with Crippen molar-refractivity contribution in [1.82, 2.24) is 9.88 Å². The molecule has 4 nitrogen and oxygen atoms in total. The molecular weight excluding hydrogens is 308 g/mol. The van der Waals surface area contributed by atoms with Gasteiger partial charge in [0.15, 0.2) is 0 Å². The molecule has 0 bridgehead atoms. The van der Waals surface area contributed by atoms with Gasteiger partial charge in [-0.05, 0) is 35.8 Å². The maximum atomic E-state index is 11.9. The summed E-state index contributed by atoms with van der Waals surface area (Å²) in [5.74, 6) is 0.666. The van der Waals surface area contributed by atoms with Gasteiger partial charge < -0.3 is 9.64 Å². The SMILES string of the molecule is CC(C)=CC(=O)N1CCC(Oc2ccc(Br)cn2)C1. The van der Waals surface area contributed by atoms with E-state index in [1.807, 2.05) is 30.9 Å². The predicted molar refractivity (Wildman–Crippen MR) is 77.0 cm³/mol. The lowest BCUT2D eigenvalue weighted by Gasteiger charge is -2.15. The number of hydrogen-bond acceptors (Lipinski definition) is 3. The summed E-state index contributed by atoms with van der Waals surface area (Å²) >= 11 is 3.33. The minimum atomic E-state index is 0.0307. The molecule has 1 unspecified atom stereocenters. The lowest BCUT2D eigenvalue weighted by Crippen LogP contribution is -2.29. The van der Waals surface area contributed by atoms with E-state index in [-0.39, 0.29) is 12.0 Å². The van der Waals surface area contributed by atoms with Gasteiger partial charge in [-0.15, -0.1) is 0 Å². The zero-order chi connectivity index (χ0) is 13.8. The summed E-state index contributed by atoms with van der Waals surface area (Å²) in [5.41, 5.74) is 1.02. The van der Waals surface area contributed by atoms with Crippen LogP contribution in [-0.2, 0) is 4.79 Å². The van der Waals surface area contributed by atoms with E-state index in [1.165, 1.54) is 0 Å². The van der Waals surface area contributed by atoms with Crippen molar-refractivity contribution in [2.24, 2.45) is 0 Å². The number of nitrogens with zero attached hydrogens (tertiary/aromatic N) is 2. The first-order valence-electron chi connectivity index (χ1n) is 6.26. The van der Waals surface area contributed by atoms with Gasteiger partial charge in [0.25, 0.3) is 0 Å². The van der Waals surface area contributed by atoms with Crippen LogP contribution in [-0.4, -0.2) is 35.0 Å². The van der Waals surface area contributed by atoms with Gasteiger partial charge >= 0.3 is 0 Å². The minimum absolute atomic E-state index is 0.0307. The highest BCUT2D eigenvalue weighted by molar-refractivity contribution is 9.10. The zero-order valence-electron chi connectivity index (χ0n) is 11.1. The number of amides is 1. The average molecular weight is 325 g/mol. The van der Waals surface area contributed by atoms with Crippen LogP contribution < -0.4 is 4.74 Å². The van der Waals surface area contributed by atoms with Crippen LogP contribution in [0.3, 0.4) is 0 Å². The quantitative estimate of drug-likeness (QED) is 0.803. The molecule has 0 aliphatic carbocycles. The van der Waals surface area contributed by atoms with E-state index in [4.69, 9.17) is 4.74 Å². The third-order valence-corrected chi connectivity index (χ3v) is 3.33. The van der Waals surface area contributed by atoms with Crippen molar-refractivity contribution < 1.29 is 9.53 Å². The smallest absolute Gasteiger partial charge is 0.246 e. The number of pyridine rings is 1. The molecule has 1 aromatic heterocycles. The van der Waals surface area contributed by atoms with Crippen LogP contribution in [0.4, 0.5) is 0 Å². The van der Waals surface area contributed by atoms with Gasteiger partial charge in [0.2, 0.25) is 11.8 Å². The van der Waals surface area contributed by atoms with Crippen LogP contribution in [0.1, 0.15) is 20.3 Å². The number of rotatable bonds is 3. The van der Waals surface area contributed by atoms with Crippen LogP contribution in [0.25, 0.3) is 0 Å². The van der Waals surface area contributed by atoms with E-state index in [9.17, 15) is 4.79 Å². The highest BCUT2D eigenvalue weighted by Gasteiger charge is 2.26. The van der Waals surface area contributed by atoms with Gasteiger partial charge in [0.05, 0.1) is 6.54 Å². The summed E-state index contributed by atoms with van der Waals surface area (Å²) in [6.45, 7) is 5.21. The highest BCUT2D eigenvalue weighted by Crippen LogP contribution is 2.18. The maximum Gasteiger partial charge on any atom is 0.246 e. The Labute approximate surface area is 121 Å². The first-order valence-corrected chi connectivity index (χ1v) is 7.06. The number of carbonyl (C=O) groups is 1. The van der Waals surface area contributed by atoms with Gasteiger partial charge in [-0.25, -0.2) is 4.98 Å². The van der Waals surface area contributed by atoms with Crippen LogP contribution >= 0.6 is 15.9 Å². The molecule has 1 aromatic rings. The molecule has 1 fully saturated rings. The molecule has 2 rings (SSSR count). The molecule has 102 valence electrons. The molecular formula is C14H17BrN2O2. The second-order valence-corrected chi connectivity index (χ2v) is 5.76. The van der Waals surface area contributed by atoms with Crippen molar-refractivity contribution in [3.63, 3.8) is 0 Å². The third-order valence-electron chi connectivity index (χ3n) is 2.86. The first kappa shape index (κ1) is 14.1. The van der Waals surface area contributed by atoms with Crippen molar-refractivity contribution in [3.8, 4) is 5.88 Å². The Morgan fingerprint density at radius 2 is 2.32 bits per heavy atom. The molecule has 1 amide bonds. The Morgan fingerprint density at radius 1 is 1.53 bits per heavy atom. The summed E-state index contributed by atoms with van der Waals surface area (Å²) in [7, 11) is 0. The topological polar surface area (TPSA) is 42.4 Å². The van der Waals surface area contributed by atoms with Gasteiger partial charge in [0.1, 0.15) is 6.10 Å². The van der Waals surface area contributed by atoms with Gasteiger partial charge in [-0.2, -0.15) is 0 Å². The Hall–Kier alpha value is -1.36. The average Bonchev–Trinajstić information content (AvgIpc) is 2.80. The van der Waals surface area contributed by atoms with Crippen molar-refractivity contribution in [2.45, 2.75) is 26.4 Å². The number of hydrogen-bond donors (Lipinski definition) is 0. The number of aromatic nitrogens is 1. The fourth-order valence-corrected chi connectivity index (χ4v) is 2.20. The van der Waals surface area contributed by atoms with E-state index >= 15 is 0 Å². The molecule has 0 radical (unpaired) electrons. The zero-order valence-corrected chi connectivity index (χ0v) is 12.7. The van der Waals surface area contributed by atoms with Crippen molar-refractivity contribution in [2.75, 3.05) is 13.1 Å². The van der Waals surface area contributed by atoms with Crippen LogP contribution in [0, 0.1) is 0 Å². The van der Waals surface area contributed by atoms with Crippen molar-refractivity contribution >= 4 is 21.8 Å². The highest BCUT2D eigenvalue weighted by atomic mass is 79.9. The second-order valence-electron chi connectivity index (χ2n) is 4.85. The minimum Gasteiger partial charge on any atom is -0.472 e. The van der Waals surface area contributed by atoms with E-state index in [2.05, 4.69) is 20.9 Å². The lowest BCUT2D eigenvalue weighted by atomic mass is 10.3. The molecule has 1 saturated heterocycles. The summed E-state index contributed by atoms with van der Waals surface area (Å²) in [4.78, 5) is 17.9. The molecule has 0 aromatic carbocycles. The van der Waals surface area contributed by atoms with Crippen molar-refractivity contribution in [3.05, 3.63) is 34.5 Å². The number of likely N-dealkylation sites (tertiary alicyclic amines) is 1. The number of allylic oxidation sites excluding steroid dienone is 1. The largest absolute Gasteiger partial charge is 0.472 e. The molecule has 0 spiro atoms. The molecule has 1 aliphatic heterocycles. The van der Waals surface area contributed by atoms with Gasteiger partial charge in [-0.3, -0.25) is 4.79 Å².